The van der Waals surface area contributed by atoms with E-state index in [1.165, 1.54) is 133 Å². The molecule has 0 aromatic heterocycles. The van der Waals surface area contributed by atoms with Crippen LogP contribution in [0.1, 0.15) is 93.2 Å². The van der Waals surface area contributed by atoms with Gasteiger partial charge in [0.1, 0.15) is 31.5 Å². The Kier molecular flexibility index (Phi) is 23.5. The van der Waals surface area contributed by atoms with Gasteiger partial charge in [-0.15, -0.1) is 0 Å². The van der Waals surface area contributed by atoms with Crippen molar-refractivity contribution in [3.8, 4) is 0 Å². The summed E-state index contributed by atoms with van der Waals surface area (Å²) in [5, 5.41) is 0. The van der Waals surface area contributed by atoms with E-state index in [0.717, 1.165) is 0 Å². The SMILES string of the molecule is O=C(OC[C@@H](OC(=O)c1ccccc1)[C@@H]1O[C@@H](OC[C@@H](O[C@@H]2O[C@H](COC(=O)c3ccccc3)[C@@H](OC(=O)c3ccccc3)[C@@H]2OC(=O)c2ccccc2)[C@@H]2OC(=O)[C@H](OC(=O)c3ccccc3)[C@H]2OC(=O)c2ccccc2)[C@H](OC(=O)c2ccccc2)[C@H]1OC(=O)c1ccccc1)c1ccccc1. The molecule has 9 aromatic carbocycles. The first kappa shape index (κ1) is 71.3. The van der Waals surface area contributed by atoms with Crippen LogP contribution in [-0.4, -0.2) is 159 Å². The molecule has 3 aliphatic rings. The predicted molar refractivity (Wildman–Crippen MR) is 361 cm³/mol. The molecule has 0 N–H and O–H groups in total. The summed E-state index contributed by atoms with van der Waals surface area (Å²) in [7, 11) is 0. The lowest BCUT2D eigenvalue weighted by Crippen LogP contribution is -2.50. The number of ether oxygens (including phenoxy) is 14. The molecule has 24 nitrogen and oxygen atoms in total. The molecule has 3 saturated heterocycles. The quantitative estimate of drug-likeness (QED) is 0.0341. The lowest BCUT2D eigenvalue weighted by Gasteiger charge is -2.32. The minimum atomic E-state index is -2.11. The molecule has 0 aliphatic carbocycles. The van der Waals surface area contributed by atoms with Gasteiger partial charge < -0.3 is 66.3 Å². The summed E-state index contributed by atoms with van der Waals surface area (Å²) >= 11 is 0. The summed E-state index contributed by atoms with van der Waals surface area (Å²) in [6, 6.07) is 68.7. The Hall–Kier alpha value is -12.5. The van der Waals surface area contributed by atoms with Crippen LogP contribution in [0.4, 0.5) is 0 Å². The molecular formula is C80H64O24. The molecule has 3 heterocycles. The monoisotopic (exact) mass is 1410 g/mol. The molecule has 104 heavy (non-hydrogen) atoms. The summed E-state index contributed by atoms with van der Waals surface area (Å²) in [6.07, 6.45) is -25.0. The first-order valence-electron chi connectivity index (χ1n) is 32.8. The highest BCUT2D eigenvalue weighted by Gasteiger charge is 2.60. The summed E-state index contributed by atoms with van der Waals surface area (Å²) in [6.45, 7) is -2.57. The minimum absolute atomic E-state index is 0.0134. The highest BCUT2D eigenvalue weighted by atomic mass is 16.8. The van der Waals surface area contributed by atoms with Crippen molar-refractivity contribution in [3.63, 3.8) is 0 Å². The Morgan fingerprint density at radius 2 is 0.615 bits per heavy atom. The first-order chi connectivity index (χ1) is 50.7. The van der Waals surface area contributed by atoms with E-state index in [1.54, 1.807) is 140 Å². The van der Waals surface area contributed by atoms with E-state index in [2.05, 4.69) is 0 Å². The zero-order valence-electron chi connectivity index (χ0n) is 54.9. The molecule has 0 spiro atoms. The molecule has 0 unspecified atom stereocenters. The molecule has 528 valence electrons. The zero-order valence-corrected chi connectivity index (χ0v) is 54.9. The van der Waals surface area contributed by atoms with Crippen LogP contribution in [-0.2, 0) is 71.1 Å². The van der Waals surface area contributed by atoms with Gasteiger partial charge in [0.15, 0.2) is 55.3 Å². The second-order valence-corrected chi connectivity index (χ2v) is 23.5. The van der Waals surface area contributed by atoms with E-state index in [4.69, 9.17) is 66.3 Å². The van der Waals surface area contributed by atoms with Crippen molar-refractivity contribution in [1.29, 1.82) is 0 Å². The minimum Gasteiger partial charge on any atom is -0.459 e. The fraction of sp³-hybridized carbons (Fsp3) is 0.200. The molecule has 0 bridgehead atoms. The fourth-order valence-corrected chi connectivity index (χ4v) is 11.4. The maximum atomic E-state index is 14.8. The van der Waals surface area contributed by atoms with Crippen LogP contribution in [0.3, 0.4) is 0 Å². The molecule has 13 atom stereocenters. The number of carbonyl (C=O) groups is 10. The van der Waals surface area contributed by atoms with Crippen LogP contribution in [0.15, 0.2) is 273 Å². The Balaban J connectivity index is 0.981. The first-order valence-corrected chi connectivity index (χ1v) is 32.8. The van der Waals surface area contributed by atoms with Crippen LogP contribution in [0, 0.1) is 0 Å². The van der Waals surface area contributed by atoms with Crippen molar-refractivity contribution in [3.05, 3.63) is 323 Å². The van der Waals surface area contributed by atoms with E-state index < -0.39 is 159 Å². The van der Waals surface area contributed by atoms with Gasteiger partial charge >= 0.3 is 59.7 Å². The van der Waals surface area contributed by atoms with E-state index in [-0.39, 0.29) is 50.1 Å². The van der Waals surface area contributed by atoms with Crippen LogP contribution in [0.5, 0.6) is 0 Å². The van der Waals surface area contributed by atoms with Gasteiger partial charge in [-0.05, 0) is 109 Å². The van der Waals surface area contributed by atoms with E-state index in [0.29, 0.717) is 0 Å². The van der Waals surface area contributed by atoms with Gasteiger partial charge in [-0.1, -0.05) is 164 Å². The van der Waals surface area contributed by atoms with E-state index in [9.17, 15) is 47.9 Å². The summed E-state index contributed by atoms with van der Waals surface area (Å²) in [5.41, 5.74) is 0.0483. The third-order valence-electron chi connectivity index (χ3n) is 16.6. The van der Waals surface area contributed by atoms with Crippen molar-refractivity contribution in [1.82, 2.24) is 0 Å². The van der Waals surface area contributed by atoms with Crippen LogP contribution in [0.2, 0.25) is 0 Å². The molecular weight excluding hydrogens is 1340 g/mol. The number of hydrogen-bond acceptors (Lipinski definition) is 24. The van der Waals surface area contributed by atoms with E-state index >= 15 is 0 Å². The van der Waals surface area contributed by atoms with E-state index in [1.807, 2.05) is 0 Å². The zero-order chi connectivity index (χ0) is 72.3. The Bertz CT molecular complexity index is 4430. The van der Waals surface area contributed by atoms with Crippen molar-refractivity contribution in [2.75, 3.05) is 19.8 Å². The van der Waals surface area contributed by atoms with Gasteiger partial charge in [-0.2, -0.15) is 0 Å². The van der Waals surface area contributed by atoms with Gasteiger partial charge in [0.2, 0.25) is 6.10 Å². The van der Waals surface area contributed by atoms with Crippen molar-refractivity contribution in [2.45, 2.75) is 79.7 Å². The smallest absolute Gasteiger partial charge is 0.352 e. The topological polar surface area (TPSA) is 300 Å². The number of hydrogen-bond donors (Lipinski definition) is 0. The maximum absolute atomic E-state index is 14.8. The number of rotatable bonds is 27. The Labute approximate surface area is 594 Å². The molecule has 0 radical (unpaired) electrons. The standard InChI is InChI=1S/C80H64O24/c81-69(49-28-10-1-11-29-49)91-46-58(94-71(83)51-32-14-3-15-33-51)62-65(100-74(86)54-38-20-6-21-39-54)68(103-77(89)57-44-26-9-27-45-57)79(104-62)93-48-60(61-64(99-73(85)53-36-18-5-19-37-53)66(78(90)98-61)101-75(87)55-40-22-7-23-41-55)96-80-67(102-76(88)56-42-24-8-25-43-56)63(97-72(84)52-34-16-4-17-35-52)59(95-80)47-92-70(82)50-30-12-2-13-31-50/h1-45,58-68,79-80H,46-48H2/t58-,59-,60-,61+,62+,63-,64+,65+,66-,67+,68-,79-,80+/m1/s1. The predicted octanol–water partition coefficient (Wildman–Crippen LogP) is 10.1. The summed E-state index contributed by atoms with van der Waals surface area (Å²) < 4.78 is 88.1. The number of esters is 10. The van der Waals surface area contributed by atoms with Crippen molar-refractivity contribution in [2.24, 2.45) is 0 Å². The lowest BCUT2D eigenvalue weighted by molar-refractivity contribution is -0.249. The van der Waals surface area contributed by atoms with Crippen molar-refractivity contribution < 1.29 is 114 Å². The molecule has 9 aromatic rings. The molecule has 24 heteroatoms. The van der Waals surface area contributed by atoms with Gasteiger partial charge in [0.25, 0.3) is 0 Å². The number of carbonyl (C=O) groups excluding carboxylic acids is 10. The molecule has 3 aliphatic heterocycles. The number of benzene rings is 9. The fourth-order valence-electron chi connectivity index (χ4n) is 11.4. The molecule has 0 amide bonds. The van der Waals surface area contributed by atoms with Gasteiger partial charge in [0.05, 0.1) is 56.7 Å². The average Bonchev–Trinajstić information content (AvgIpc) is 1.63. The largest absolute Gasteiger partial charge is 0.459 e. The third kappa shape index (κ3) is 17.8. The molecule has 12 rings (SSSR count). The van der Waals surface area contributed by atoms with Crippen molar-refractivity contribution >= 4 is 59.7 Å². The highest BCUT2D eigenvalue weighted by molar-refractivity contribution is 5.95. The van der Waals surface area contributed by atoms with Gasteiger partial charge in [-0.25, -0.2) is 47.9 Å². The molecule has 0 saturated carbocycles. The highest BCUT2D eigenvalue weighted by Crippen LogP contribution is 2.38. The van der Waals surface area contributed by atoms with Crippen LogP contribution < -0.4 is 0 Å². The normalized spacial score (nSPS) is 21.5. The molecule has 3 fully saturated rings. The average molecular weight is 1410 g/mol. The number of cyclic esters (lactones) is 1. The second-order valence-electron chi connectivity index (χ2n) is 23.5. The lowest BCUT2D eigenvalue weighted by atomic mass is 10.0. The Morgan fingerprint density at radius 1 is 0.298 bits per heavy atom. The summed E-state index contributed by atoms with van der Waals surface area (Å²) in [4.78, 5) is 144. The third-order valence-corrected chi connectivity index (χ3v) is 16.6. The van der Waals surface area contributed by atoms with Crippen LogP contribution >= 0.6 is 0 Å². The van der Waals surface area contributed by atoms with Crippen LogP contribution in [0.25, 0.3) is 0 Å². The Morgan fingerprint density at radius 3 is 1.01 bits per heavy atom. The van der Waals surface area contributed by atoms with Gasteiger partial charge in [-0.3, -0.25) is 0 Å². The maximum Gasteiger partial charge on any atom is 0.352 e. The van der Waals surface area contributed by atoms with Gasteiger partial charge in [0, 0.05) is 0 Å². The second kappa shape index (κ2) is 34.3. The summed E-state index contributed by atoms with van der Waals surface area (Å²) in [5.74, 6) is -10.3.